The second-order valence-corrected chi connectivity index (χ2v) is 13.0. The number of benzene rings is 6. The van der Waals surface area contributed by atoms with Crippen molar-refractivity contribution in [2.75, 3.05) is 18.1 Å². The van der Waals surface area contributed by atoms with Crippen LogP contribution < -0.4 is 4.90 Å². The van der Waals surface area contributed by atoms with Crippen LogP contribution in [-0.4, -0.2) is 39.3 Å². The molecule has 0 spiro atoms. The molecule has 0 N–H and O–H groups in total. The van der Waals surface area contributed by atoms with E-state index in [0.717, 1.165) is 58.5 Å². The van der Waals surface area contributed by atoms with E-state index in [1.54, 1.807) is 0 Å². The molecule has 6 aromatic carbocycles. The molecule has 0 fully saturated rings. The van der Waals surface area contributed by atoms with Gasteiger partial charge in [0.1, 0.15) is 5.54 Å². The molecule has 7 aromatic rings. The van der Waals surface area contributed by atoms with Crippen LogP contribution in [0.3, 0.4) is 0 Å². The fraction of sp³-hybridized carbons (Fsp3) is 0.174. The van der Waals surface area contributed by atoms with Crippen LogP contribution in [-0.2, 0) is 16.8 Å². The van der Waals surface area contributed by atoms with E-state index in [9.17, 15) is 4.79 Å². The molecular formula is C46H43N5O2. The lowest BCUT2D eigenvalue weighted by Gasteiger charge is -2.36. The second-order valence-electron chi connectivity index (χ2n) is 13.0. The van der Waals surface area contributed by atoms with Gasteiger partial charge in [-0.1, -0.05) is 159 Å². The highest BCUT2D eigenvalue weighted by Crippen LogP contribution is 2.43. The van der Waals surface area contributed by atoms with Crippen LogP contribution in [0.1, 0.15) is 59.3 Å². The molecule has 0 bridgehead atoms. The third-order valence-electron chi connectivity index (χ3n) is 9.67. The molecule has 0 saturated carbocycles. The van der Waals surface area contributed by atoms with Crippen molar-refractivity contribution in [1.82, 2.24) is 20.2 Å². The van der Waals surface area contributed by atoms with E-state index < -0.39 is 5.54 Å². The van der Waals surface area contributed by atoms with Crippen LogP contribution in [0.25, 0.3) is 22.5 Å². The average Bonchev–Trinajstić information content (AvgIpc) is 3.71. The maximum absolute atomic E-state index is 12.5. The minimum atomic E-state index is -0.855. The molecule has 0 saturated heterocycles. The number of aromatic nitrogens is 4. The first-order chi connectivity index (χ1) is 26.1. The molecule has 0 atom stereocenters. The quantitative estimate of drug-likeness (QED) is 0.0832. The number of hydrogen-bond acceptors (Lipinski definition) is 6. The summed E-state index contributed by atoms with van der Waals surface area (Å²) in [5, 5.41) is 13.8. The number of carbonyl (C=O) groups excluding carboxylic acids is 1. The summed E-state index contributed by atoms with van der Waals surface area (Å²) in [6, 6.07) is 56.2. The number of carbonyl (C=O) groups is 1. The molecule has 0 aliphatic heterocycles. The van der Waals surface area contributed by atoms with Gasteiger partial charge in [0, 0.05) is 24.3 Å². The summed E-state index contributed by atoms with van der Waals surface area (Å²) in [7, 11) is 0. The van der Waals surface area contributed by atoms with Crippen molar-refractivity contribution < 1.29 is 9.53 Å². The van der Waals surface area contributed by atoms with E-state index in [0.29, 0.717) is 24.5 Å². The van der Waals surface area contributed by atoms with Gasteiger partial charge in [-0.05, 0) is 75.4 Å². The van der Waals surface area contributed by atoms with Gasteiger partial charge in [-0.25, -0.2) is 9.48 Å². The van der Waals surface area contributed by atoms with E-state index in [-0.39, 0.29) is 5.97 Å². The van der Waals surface area contributed by atoms with E-state index >= 15 is 0 Å². The molecule has 7 rings (SSSR count). The Hall–Kier alpha value is -6.34. The van der Waals surface area contributed by atoms with Crippen LogP contribution in [0.5, 0.6) is 0 Å². The van der Waals surface area contributed by atoms with Crippen LogP contribution in [0.15, 0.2) is 164 Å². The summed E-state index contributed by atoms with van der Waals surface area (Å²) in [4.78, 5) is 14.8. The molecule has 1 aromatic heterocycles. The number of nitrogens with zero attached hydrogens (tertiary/aromatic N) is 5. The Morgan fingerprint density at radius 3 is 1.85 bits per heavy atom. The standard InChI is InChI=1S/C46H43N5O2/c1-3-5-32-50(41-25-17-18-37(33-41)45(52)53-4-2)34-35-28-30-36(31-29-35)42-26-15-16-27-43(42)44-47-48-49-51(44)46(38-19-9-6-10-20-38,39-21-11-7-12-22-39)40-23-13-8-14-24-40/h6-31,33H,3-5,32,34H2,1-2H3. The van der Waals surface area contributed by atoms with E-state index in [2.05, 4.69) is 138 Å². The zero-order chi connectivity index (χ0) is 36.5. The zero-order valence-corrected chi connectivity index (χ0v) is 30.2. The van der Waals surface area contributed by atoms with Crippen molar-refractivity contribution in [3.63, 3.8) is 0 Å². The predicted octanol–water partition coefficient (Wildman–Crippen LogP) is 9.83. The highest BCUT2D eigenvalue weighted by molar-refractivity contribution is 5.90. The fourth-order valence-corrected chi connectivity index (χ4v) is 7.12. The largest absolute Gasteiger partial charge is 0.462 e. The molecule has 0 amide bonds. The van der Waals surface area contributed by atoms with Crippen LogP contribution in [0.4, 0.5) is 5.69 Å². The Kier molecular flexibility index (Phi) is 10.8. The highest BCUT2D eigenvalue weighted by atomic mass is 16.5. The Morgan fingerprint density at radius 1 is 0.679 bits per heavy atom. The first kappa shape index (κ1) is 35.1. The van der Waals surface area contributed by atoms with Crippen molar-refractivity contribution in [3.05, 3.63) is 192 Å². The lowest BCUT2D eigenvalue weighted by Crippen LogP contribution is -2.39. The first-order valence-corrected chi connectivity index (χ1v) is 18.3. The van der Waals surface area contributed by atoms with Gasteiger partial charge in [0.25, 0.3) is 0 Å². The smallest absolute Gasteiger partial charge is 0.338 e. The Morgan fingerprint density at radius 2 is 1.26 bits per heavy atom. The number of ether oxygens (including phenoxy) is 1. The molecule has 0 radical (unpaired) electrons. The zero-order valence-electron chi connectivity index (χ0n) is 30.2. The minimum absolute atomic E-state index is 0.299. The summed E-state index contributed by atoms with van der Waals surface area (Å²) >= 11 is 0. The molecule has 264 valence electrons. The van der Waals surface area contributed by atoms with Crippen LogP contribution in [0, 0.1) is 0 Å². The van der Waals surface area contributed by atoms with Gasteiger partial charge in [-0.2, -0.15) is 0 Å². The summed E-state index contributed by atoms with van der Waals surface area (Å²) < 4.78 is 7.26. The summed E-state index contributed by atoms with van der Waals surface area (Å²) in [5.74, 6) is 0.362. The summed E-state index contributed by atoms with van der Waals surface area (Å²) in [6.45, 7) is 5.95. The number of esters is 1. The van der Waals surface area contributed by atoms with Crippen molar-refractivity contribution in [3.8, 4) is 22.5 Å². The number of hydrogen-bond donors (Lipinski definition) is 0. The monoisotopic (exact) mass is 697 g/mol. The van der Waals surface area contributed by atoms with Crippen molar-refractivity contribution >= 4 is 11.7 Å². The number of rotatable bonds is 14. The molecule has 7 heteroatoms. The Bertz CT molecular complexity index is 2140. The van der Waals surface area contributed by atoms with Crippen molar-refractivity contribution in [2.45, 2.75) is 38.8 Å². The van der Waals surface area contributed by atoms with E-state index in [1.165, 1.54) is 5.56 Å². The highest BCUT2D eigenvalue weighted by Gasteiger charge is 2.42. The second kappa shape index (κ2) is 16.3. The fourth-order valence-electron chi connectivity index (χ4n) is 7.12. The summed E-state index contributed by atoms with van der Waals surface area (Å²) in [5.41, 5.74) is 8.06. The number of unbranched alkanes of at least 4 members (excludes halogenated alkanes) is 1. The van der Waals surface area contributed by atoms with Gasteiger partial charge < -0.3 is 9.64 Å². The molecule has 0 unspecified atom stereocenters. The lowest BCUT2D eigenvalue weighted by molar-refractivity contribution is 0.0526. The molecule has 7 nitrogen and oxygen atoms in total. The van der Waals surface area contributed by atoms with Gasteiger partial charge in [-0.3, -0.25) is 0 Å². The van der Waals surface area contributed by atoms with Crippen LogP contribution >= 0.6 is 0 Å². The minimum Gasteiger partial charge on any atom is -0.462 e. The first-order valence-electron chi connectivity index (χ1n) is 18.3. The molecule has 0 aliphatic rings. The van der Waals surface area contributed by atoms with Gasteiger partial charge >= 0.3 is 5.97 Å². The molecule has 53 heavy (non-hydrogen) atoms. The molecule has 1 heterocycles. The van der Waals surface area contributed by atoms with E-state index in [4.69, 9.17) is 15.0 Å². The van der Waals surface area contributed by atoms with Gasteiger partial charge in [0.05, 0.1) is 12.2 Å². The van der Waals surface area contributed by atoms with Crippen LogP contribution in [0.2, 0.25) is 0 Å². The maximum Gasteiger partial charge on any atom is 0.338 e. The lowest BCUT2D eigenvalue weighted by atomic mass is 9.77. The predicted molar refractivity (Wildman–Crippen MR) is 212 cm³/mol. The van der Waals surface area contributed by atoms with Crippen molar-refractivity contribution in [2.24, 2.45) is 0 Å². The Balaban J connectivity index is 1.28. The van der Waals surface area contributed by atoms with Gasteiger partial charge in [-0.15, -0.1) is 5.10 Å². The topological polar surface area (TPSA) is 73.1 Å². The third-order valence-corrected chi connectivity index (χ3v) is 9.67. The van der Waals surface area contributed by atoms with Gasteiger partial charge in [0.2, 0.25) is 0 Å². The number of tetrazole rings is 1. The normalized spacial score (nSPS) is 11.3. The van der Waals surface area contributed by atoms with E-state index in [1.807, 2.05) is 54.1 Å². The molecule has 0 aliphatic carbocycles. The van der Waals surface area contributed by atoms with Gasteiger partial charge in [0.15, 0.2) is 5.82 Å². The number of anilines is 1. The Labute approximate surface area is 311 Å². The SMILES string of the molecule is CCCCN(Cc1ccc(-c2ccccc2-c2nnnn2C(c2ccccc2)(c2ccccc2)c2ccccc2)cc1)c1cccc(C(=O)OCC)c1. The average molecular weight is 698 g/mol. The maximum atomic E-state index is 12.5. The molecular weight excluding hydrogens is 655 g/mol. The summed E-state index contributed by atoms with van der Waals surface area (Å²) in [6.07, 6.45) is 2.11. The third kappa shape index (κ3) is 7.24. The van der Waals surface area contributed by atoms with Crippen molar-refractivity contribution in [1.29, 1.82) is 0 Å².